The summed E-state index contributed by atoms with van der Waals surface area (Å²) in [4.78, 5) is 5.57. The van der Waals surface area contributed by atoms with Gasteiger partial charge in [0.1, 0.15) is 0 Å². The predicted octanol–water partition coefficient (Wildman–Crippen LogP) is 2.83. The van der Waals surface area contributed by atoms with Gasteiger partial charge in [-0.15, -0.1) is 0 Å². The van der Waals surface area contributed by atoms with Crippen molar-refractivity contribution in [1.82, 2.24) is 9.80 Å². The van der Waals surface area contributed by atoms with E-state index in [-0.39, 0.29) is 0 Å². The van der Waals surface area contributed by atoms with Crippen LogP contribution < -0.4 is 0 Å². The molecule has 3 saturated heterocycles. The van der Waals surface area contributed by atoms with Crippen molar-refractivity contribution in [2.45, 2.75) is 56.2 Å². The Kier molecular flexibility index (Phi) is 4.88. The summed E-state index contributed by atoms with van der Waals surface area (Å²) in [7, 11) is 0. The second kappa shape index (κ2) is 6.62. The largest absolute Gasteiger partial charge is 0.301 e. The van der Waals surface area contributed by atoms with Crippen LogP contribution in [-0.4, -0.2) is 59.6 Å². The standard InChI is InChI=1S/C15H28N2S/c1-3-9-17-10-5-8-16(12-14(17)6-1)13-15-7-2-4-11-18-15/h14-15H,1-13H2. The second-order valence-corrected chi connectivity index (χ2v) is 7.70. The molecule has 0 spiro atoms. The summed E-state index contributed by atoms with van der Waals surface area (Å²) in [6.45, 7) is 6.81. The number of fused-ring (bicyclic) bond motifs is 1. The zero-order chi connectivity index (χ0) is 12.2. The Bertz CT molecular complexity index is 253. The molecule has 0 radical (unpaired) electrons. The van der Waals surface area contributed by atoms with Gasteiger partial charge in [-0.25, -0.2) is 0 Å². The van der Waals surface area contributed by atoms with E-state index in [1.54, 1.807) is 0 Å². The third-order valence-electron chi connectivity index (χ3n) is 4.87. The van der Waals surface area contributed by atoms with Gasteiger partial charge >= 0.3 is 0 Å². The average Bonchev–Trinajstić information content (AvgIpc) is 2.61. The van der Waals surface area contributed by atoms with Gasteiger partial charge in [0.15, 0.2) is 0 Å². The highest BCUT2D eigenvalue weighted by Crippen LogP contribution is 2.27. The molecule has 2 atom stereocenters. The minimum atomic E-state index is 0.884. The minimum absolute atomic E-state index is 0.884. The SMILES string of the molecule is C1CCC(CN2CCCN3CCCCC3C2)SC1. The van der Waals surface area contributed by atoms with Gasteiger partial charge < -0.3 is 4.90 Å². The number of hydrogen-bond acceptors (Lipinski definition) is 3. The molecule has 0 aromatic carbocycles. The van der Waals surface area contributed by atoms with Crippen LogP contribution in [0.5, 0.6) is 0 Å². The van der Waals surface area contributed by atoms with Gasteiger partial charge in [0, 0.05) is 24.4 Å². The van der Waals surface area contributed by atoms with E-state index in [0.29, 0.717) is 0 Å². The lowest BCUT2D eigenvalue weighted by atomic mass is 10.0. The van der Waals surface area contributed by atoms with Crippen LogP contribution in [0.1, 0.15) is 44.9 Å². The van der Waals surface area contributed by atoms with E-state index in [4.69, 9.17) is 0 Å². The molecule has 3 aliphatic rings. The van der Waals surface area contributed by atoms with Gasteiger partial charge in [0.2, 0.25) is 0 Å². The lowest BCUT2D eigenvalue weighted by Crippen LogP contribution is -2.45. The van der Waals surface area contributed by atoms with Crippen molar-refractivity contribution in [3.05, 3.63) is 0 Å². The van der Waals surface area contributed by atoms with Crippen LogP contribution in [0, 0.1) is 0 Å². The zero-order valence-electron chi connectivity index (χ0n) is 11.6. The van der Waals surface area contributed by atoms with Gasteiger partial charge in [0.05, 0.1) is 0 Å². The molecule has 0 aromatic heterocycles. The van der Waals surface area contributed by atoms with Crippen molar-refractivity contribution in [2.24, 2.45) is 0 Å². The molecule has 3 aliphatic heterocycles. The highest BCUT2D eigenvalue weighted by atomic mass is 32.2. The first-order valence-electron chi connectivity index (χ1n) is 8.00. The Morgan fingerprint density at radius 2 is 1.78 bits per heavy atom. The van der Waals surface area contributed by atoms with Crippen molar-refractivity contribution in [3.8, 4) is 0 Å². The van der Waals surface area contributed by atoms with E-state index in [0.717, 1.165) is 11.3 Å². The van der Waals surface area contributed by atoms with Gasteiger partial charge in [-0.3, -0.25) is 4.90 Å². The third kappa shape index (κ3) is 3.43. The first-order valence-corrected chi connectivity index (χ1v) is 9.05. The quantitative estimate of drug-likeness (QED) is 0.760. The second-order valence-electron chi connectivity index (χ2n) is 6.29. The molecule has 0 bridgehead atoms. The molecule has 3 fully saturated rings. The van der Waals surface area contributed by atoms with E-state index in [1.165, 1.54) is 83.4 Å². The first kappa shape index (κ1) is 13.3. The summed E-state index contributed by atoms with van der Waals surface area (Å²) in [6, 6.07) is 0.884. The van der Waals surface area contributed by atoms with Crippen LogP contribution in [0.2, 0.25) is 0 Å². The van der Waals surface area contributed by atoms with Crippen molar-refractivity contribution in [3.63, 3.8) is 0 Å². The summed E-state index contributed by atoms with van der Waals surface area (Å²) >= 11 is 2.24. The van der Waals surface area contributed by atoms with Gasteiger partial charge in [-0.2, -0.15) is 11.8 Å². The molecule has 3 heteroatoms. The molecule has 0 amide bonds. The molecular formula is C15H28N2S. The molecule has 0 aromatic rings. The normalized spacial score (nSPS) is 36.0. The van der Waals surface area contributed by atoms with Crippen molar-refractivity contribution in [2.75, 3.05) is 38.5 Å². The minimum Gasteiger partial charge on any atom is -0.301 e. The molecular weight excluding hydrogens is 240 g/mol. The van der Waals surface area contributed by atoms with Crippen LogP contribution in [0.15, 0.2) is 0 Å². The number of hydrogen-bond donors (Lipinski definition) is 0. The fourth-order valence-corrected chi connectivity index (χ4v) is 5.21. The molecule has 18 heavy (non-hydrogen) atoms. The summed E-state index contributed by atoms with van der Waals surface area (Å²) < 4.78 is 0. The maximum Gasteiger partial charge on any atom is 0.0223 e. The third-order valence-corrected chi connectivity index (χ3v) is 6.25. The molecule has 2 nitrogen and oxygen atoms in total. The Morgan fingerprint density at radius 3 is 2.67 bits per heavy atom. The Morgan fingerprint density at radius 1 is 0.889 bits per heavy atom. The van der Waals surface area contributed by atoms with E-state index in [1.807, 2.05) is 0 Å². The van der Waals surface area contributed by atoms with Crippen LogP contribution in [0.25, 0.3) is 0 Å². The highest BCUT2D eigenvalue weighted by molar-refractivity contribution is 7.99. The van der Waals surface area contributed by atoms with E-state index >= 15 is 0 Å². The molecule has 3 rings (SSSR count). The molecule has 2 unspecified atom stereocenters. The van der Waals surface area contributed by atoms with Crippen LogP contribution >= 0.6 is 11.8 Å². The smallest absolute Gasteiger partial charge is 0.0223 e. The Hall–Kier alpha value is 0.270. The molecule has 104 valence electrons. The number of piperidine rings is 1. The van der Waals surface area contributed by atoms with Crippen LogP contribution in [-0.2, 0) is 0 Å². The molecule has 3 heterocycles. The lowest BCUT2D eigenvalue weighted by molar-refractivity contribution is 0.136. The summed E-state index contributed by atoms with van der Waals surface area (Å²) in [5.74, 6) is 1.41. The summed E-state index contributed by atoms with van der Waals surface area (Å²) in [5, 5.41) is 0.939. The fourth-order valence-electron chi connectivity index (χ4n) is 3.85. The average molecular weight is 268 g/mol. The van der Waals surface area contributed by atoms with Crippen LogP contribution in [0.3, 0.4) is 0 Å². The van der Waals surface area contributed by atoms with Crippen molar-refractivity contribution >= 4 is 11.8 Å². The predicted molar refractivity (Wildman–Crippen MR) is 80.4 cm³/mol. The van der Waals surface area contributed by atoms with Gasteiger partial charge in [0.25, 0.3) is 0 Å². The van der Waals surface area contributed by atoms with Crippen molar-refractivity contribution in [1.29, 1.82) is 0 Å². The van der Waals surface area contributed by atoms with E-state index in [2.05, 4.69) is 21.6 Å². The lowest BCUT2D eigenvalue weighted by Gasteiger charge is -2.36. The number of nitrogens with zero attached hydrogens (tertiary/aromatic N) is 2. The summed E-state index contributed by atoms with van der Waals surface area (Å²) in [6.07, 6.45) is 10.2. The topological polar surface area (TPSA) is 6.48 Å². The maximum atomic E-state index is 2.79. The first-order chi connectivity index (χ1) is 8.92. The Labute approximate surface area is 116 Å². The highest BCUT2D eigenvalue weighted by Gasteiger charge is 2.28. The van der Waals surface area contributed by atoms with Crippen LogP contribution in [0.4, 0.5) is 0 Å². The fraction of sp³-hybridized carbons (Fsp3) is 1.00. The molecule has 0 N–H and O–H groups in total. The Balaban J connectivity index is 1.52. The van der Waals surface area contributed by atoms with E-state index in [9.17, 15) is 0 Å². The summed E-state index contributed by atoms with van der Waals surface area (Å²) in [5.41, 5.74) is 0. The number of thioether (sulfide) groups is 1. The van der Waals surface area contributed by atoms with Gasteiger partial charge in [-0.05, 0) is 57.5 Å². The monoisotopic (exact) mass is 268 g/mol. The van der Waals surface area contributed by atoms with E-state index < -0.39 is 0 Å². The maximum absolute atomic E-state index is 2.79. The molecule has 0 saturated carbocycles. The van der Waals surface area contributed by atoms with Crippen molar-refractivity contribution < 1.29 is 0 Å². The zero-order valence-corrected chi connectivity index (χ0v) is 12.5. The van der Waals surface area contributed by atoms with Gasteiger partial charge in [-0.1, -0.05) is 12.8 Å². The molecule has 0 aliphatic carbocycles. The number of rotatable bonds is 2.